The van der Waals surface area contributed by atoms with Gasteiger partial charge in [-0.15, -0.1) is 0 Å². The number of rotatable bonds is 8. The maximum absolute atomic E-state index is 12.3. The van der Waals surface area contributed by atoms with Gasteiger partial charge in [0.2, 0.25) is 0 Å². The zero-order valence-electron chi connectivity index (χ0n) is 15.3. The molecular weight excluding hydrogens is 410 g/mol. The summed E-state index contributed by atoms with van der Waals surface area (Å²) in [5.41, 5.74) is -0.206. The molecule has 0 unspecified atom stereocenters. The minimum atomic E-state index is -2.55. The molecule has 0 saturated heterocycles. The number of anilines is 1. The number of benzene rings is 2. The molecule has 0 aliphatic carbocycles. The zero-order chi connectivity index (χ0) is 21.6. The van der Waals surface area contributed by atoms with Crippen molar-refractivity contribution in [2.24, 2.45) is 0 Å². The molecule has 1 atom stereocenters. The van der Waals surface area contributed by atoms with Crippen LogP contribution >= 0.6 is 11.8 Å². The van der Waals surface area contributed by atoms with Gasteiger partial charge in [0.1, 0.15) is 0 Å². The summed E-state index contributed by atoms with van der Waals surface area (Å²) in [6.45, 7) is 1.33. The van der Waals surface area contributed by atoms with E-state index < -0.39 is 34.3 Å². The van der Waals surface area contributed by atoms with Crippen molar-refractivity contribution in [2.75, 3.05) is 12.4 Å². The van der Waals surface area contributed by atoms with Crippen LogP contribution in [0, 0.1) is 10.1 Å². The highest BCUT2D eigenvalue weighted by Crippen LogP contribution is 2.28. The standard InChI is InChI=1S/C18H16F2N2O6S/c1-10(16(23)21-12-4-6-13(7-5-12)29-18(19)20)28-17(24)11-3-8-15(27-2)14(9-11)22(25)26/h3-10,18H,1-2H3,(H,21,23)/t10-/m0/s1. The van der Waals surface area contributed by atoms with E-state index in [1.165, 1.54) is 50.4 Å². The minimum absolute atomic E-state index is 0.0224. The Morgan fingerprint density at radius 1 is 1.17 bits per heavy atom. The smallest absolute Gasteiger partial charge is 0.339 e. The molecule has 0 fully saturated rings. The van der Waals surface area contributed by atoms with Gasteiger partial charge in [0.25, 0.3) is 11.7 Å². The topological polar surface area (TPSA) is 108 Å². The van der Waals surface area contributed by atoms with Crippen molar-refractivity contribution in [3.63, 3.8) is 0 Å². The number of amides is 1. The van der Waals surface area contributed by atoms with E-state index in [1.54, 1.807) is 0 Å². The van der Waals surface area contributed by atoms with Crippen LogP contribution in [0.5, 0.6) is 5.75 Å². The van der Waals surface area contributed by atoms with Crippen molar-refractivity contribution >= 4 is 35.0 Å². The van der Waals surface area contributed by atoms with Gasteiger partial charge in [-0.3, -0.25) is 14.9 Å². The molecule has 0 aliphatic heterocycles. The van der Waals surface area contributed by atoms with Crippen LogP contribution in [0.1, 0.15) is 17.3 Å². The van der Waals surface area contributed by atoms with Crippen molar-refractivity contribution < 1.29 is 32.8 Å². The van der Waals surface area contributed by atoms with Crippen LogP contribution in [0.2, 0.25) is 0 Å². The molecule has 0 saturated carbocycles. The number of thioether (sulfide) groups is 1. The quantitative estimate of drug-likeness (QED) is 0.293. The van der Waals surface area contributed by atoms with Crippen LogP contribution < -0.4 is 10.1 Å². The van der Waals surface area contributed by atoms with E-state index >= 15 is 0 Å². The van der Waals surface area contributed by atoms with Crippen molar-refractivity contribution in [2.45, 2.75) is 23.7 Å². The van der Waals surface area contributed by atoms with Crippen LogP contribution in [0.25, 0.3) is 0 Å². The molecule has 0 spiro atoms. The lowest BCUT2D eigenvalue weighted by atomic mass is 10.2. The maximum Gasteiger partial charge on any atom is 0.339 e. The van der Waals surface area contributed by atoms with Crippen LogP contribution in [0.3, 0.4) is 0 Å². The van der Waals surface area contributed by atoms with Crippen LogP contribution in [0.15, 0.2) is 47.4 Å². The fourth-order valence-corrected chi connectivity index (χ4v) is 2.70. The second-order valence-corrected chi connectivity index (χ2v) is 6.65. The van der Waals surface area contributed by atoms with Crippen molar-refractivity contribution in [1.82, 2.24) is 0 Å². The molecular formula is C18H16F2N2O6S. The first-order chi connectivity index (χ1) is 13.7. The number of carbonyl (C=O) groups is 2. The van der Waals surface area contributed by atoms with E-state index in [2.05, 4.69) is 5.32 Å². The largest absolute Gasteiger partial charge is 0.490 e. The van der Waals surface area contributed by atoms with Gasteiger partial charge in [-0.2, -0.15) is 8.78 Å². The Morgan fingerprint density at radius 2 is 1.83 bits per heavy atom. The summed E-state index contributed by atoms with van der Waals surface area (Å²) in [7, 11) is 1.26. The molecule has 0 bridgehead atoms. The number of nitro groups is 1. The number of alkyl halides is 2. The van der Waals surface area contributed by atoms with Gasteiger partial charge in [0.15, 0.2) is 11.9 Å². The predicted molar refractivity (Wildman–Crippen MR) is 101 cm³/mol. The first kappa shape index (κ1) is 22.1. The molecule has 0 heterocycles. The Morgan fingerprint density at radius 3 is 2.38 bits per heavy atom. The Hall–Kier alpha value is -3.21. The molecule has 2 aromatic rings. The SMILES string of the molecule is COc1ccc(C(=O)O[C@@H](C)C(=O)Nc2ccc(SC(F)F)cc2)cc1[N+](=O)[O-]. The third kappa shape index (κ3) is 6.14. The normalized spacial score (nSPS) is 11.6. The average molecular weight is 426 g/mol. The number of hydrogen-bond acceptors (Lipinski definition) is 7. The number of hydrogen-bond donors (Lipinski definition) is 1. The number of esters is 1. The van der Waals surface area contributed by atoms with Crippen LogP contribution in [0.4, 0.5) is 20.2 Å². The Bertz CT molecular complexity index is 908. The van der Waals surface area contributed by atoms with E-state index in [9.17, 15) is 28.5 Å². The van der Waals surface area contributed by atoms with Crippen molar-refractivity contribution in [1.29, 1.82) is 0 Å². The number of halogens is 2. The molecule has 2 rings (SSSR count). The molecule has 1 amide bonds. The fourth-order valence-electron chi connectivity index (χ4n) is 2.21. The molecule has 2 aromatic carbocycles. The summed E-state index contributed by atoms with van der Waals surface area (Å²) < 4.78 is 34.5. The van der Waals surface area contributed by atoms with Crippen molar-refractivity contribution in [3.8, 4) is 5.75 Å². The molecule has 0 radical (unpaired) electrons. The molecule has 0 aliphatic rings. The fraction of sp³-hybridized carbons (Fsp3) is 0.222. The predicted octanol–water partition coefficient (Wildman–Crippen LogP) is 4.10. The summed E-state index contributed by atoms with van der Waals surface area (Å²) in [6, 6.07) is 9.22. The van der Waals surface area contributed by atoms with Gasteiger partial charge < -0.3 is 14.8 Å². The number of nitro benzene ring substituents is 1. The second kappa shape index (κ2) is 9.82. The van der Waals surface area contributed by atoms with E-state index in [0.29, 0.717) is 22.3 Å². The molecule has 154 valence electrons. The van der Waals surface area contributed by atoms with Gasteiger partial charge in [0.05, 0.1) is 17.6 Å². The molecule has 0 aromatic heterocycles. The lowest BCUT2D eigenvalue weighted by Crippen LogP contribution is -2.30. The number of ether oxygens (including phenoxy) is 2. The maximum atomic E-state index is 12.3. The Kier molecular flexibility index (Phi) is 7.48. The molecule has 29 heavy (non-hydrogen) atoms. The minimum Gasteiger partial charge on any atom is -0.490 e. The highest BCUT2D eigenvalue weighted by atomic mass is 32.2. The van der Waals surface area contributed by atoms with Gasteiger partial charge in [-0.1, -0.05) is 11.8 Å². The van der Waals surface area contributed by atoms with Crippen LogP contribution in [-0.2, 0) is 9.53 Å². The monoisotopic (exact) mass is 426 g/mol. The van der Waals surface area contributed by atoms with Gasteiger partial charge in [0, 0.05) is 16.6 Å². The second-order valence-electron chi connectivity index (χ2n) is 5.58. The highest BCUT2D eigenvalue weighted by Gasteiger charge is 2.23. The number of nitrogens with zero attached hydrogens (tertiary/aromatic N) is 1. The summed E-state index contributed by atoms with van der Waals surface area (Å²) in [5, 5.41) is 13.5. The Labute approximate surface area is 168 Å². The summed E-state index contributed by atoms with van der Waals surface area (Å²) in [5.74, 6) is -4.16. The van der Waals surface area contributed by atoms with Gasteiger partial charge in [-0.05, 0) is 43.3 Å². The van der Waals surface area contributed by atoms with E-state index in [-0.39, 0.29) is 11.3 Å². The van der Waals surface area contributed by atoms with E-state index in [0.717, 1.165) is 6.07 Å². The first-order valence-electron chi connectivity index (χ1n) is 8.10. The van der Waals surface area contributed by atoms with E-state index in [4.69, 9.17) is 9.47 Å². The average Bonchev–Trinajstić information content (AvgIpc) is 2.68. The zero-order valence-corrected chi connectivity index (χ0v) is 16.1. The summed E-state index contributed by atoms with van der Waals surface area (Å²) in [6.07, 6.45) is -1.21. The van der Waals surface area contributed by atoms with Gasteiger partial charge in [-0.25, -0.2) is 4.79 Å². The summed E-state index contributed by atoms with van der Waals surface area (Å²) >= 11 is 0.372. The highest BCUT2D eigenvalue weighted by molar-refractivity contribution is 7.99. The molecule has 11 heteroatoms. The molecule has 1 N–H and O–H groups in total. The van der Waals surface area contributed by atoms with E-state index in [1.807, 2.05) is 0 Å². The van der Waals surface area contributed by atoms with Crippen molar-refractivity contribution in [3.05, 3.63) is 58.1 Å². The molecule has 8 nitrogen and oxygen atoms in total. The number of nitrogens with one attached hydrogen (secondary N) is 1. The van der Waals surface area contributed by atoms with Crippen LogP contribution in [-0.4, -0.2) is 35.8 Å². The number of carbonyl (C=O) groups excluding carboxylic acids is 2. The van der Waals surface area contributed by atoms with Gasteiger partial charge >= 0.3 is 11.7 Å². The number of methoxy groups -OCH3 is 1. The lowest BCUT2D eigenvalue weighted by molar-refractivity contribution is -0.385. The third-order valence-corrected chi connectivity index (χ3v) is 4.33. The lowest BCUT2D eigenvalue weighted by Gasteiger charge is -2.14. The summed E-state index contributed by atoms with van der Waals surface area (Å²) in [4.78, 5) is 35.0. The third-order valence-electron chi connectivity index (χ3n) is 3.61. The first-order valence-corrected chi connectivity index (χ1v) is 8.98. The Balaban J connectivity index is 2.01.